The zero-order valence-corrected chi connectivity index (χ0v) is 8.55. The van der Waals surface area contributed by atoms with Gasteiger partial charge in [-0.25, -0.2) is 4.79 Å². The number of carbonyl (C=O) groups excluding carboxylic acids is 1. The molecule has 0 saturated heterocycles. The van der Waals surface area contributed by atoms with E-state index in [9.17, 15) is 9.59 Å². The maximum Gasteiger partial charge on any atom is 0.394 e. The number of nitrogens with one attached hydrogen (secondary N) is 1. The van der Waals surface area contributed by atoms with Crippen LogP contribution in [-0.4, -0.2) is 23.5 Å². The second-order valence-electron chi connectivity index (χ2n) is 4.28. The van der Waals surface area contributed by atoms with Crippen LogP contribution >= 0.6 is 0 Å². The first-order chi connectivity index (χ1) is 5.75. The first-order valence-corrected chi connectivity index (χ1v) is 4.26. The third-order valence-electron chi connectivity index (χ3n) is 2.24. The van der Waals surface area contributed by atoms with Gasteiger partial charge in [0.1, 0.15) is 0 Å². The van der Waals surface area contributed by atoms with E-state index in [0.717, 1.165) is 0 Å². The van der Waals surface area contributed by atoms with Crippen molar-refractivity contribution in [3.63, 3.8) is 0 Å². The SMILES string of the molecule is CC(CNC(=O)C(=O)O)C(C)(C)C. The van der Waals surface area contributed by atoms with Crippen LogP contribution in [0.5, 0.6) is 0 Å². The summed E-state index contributed by atoms with van der Waals surface area (Å²) in [5.74, 6) is -2.12. The van der Waals surface area contributed by atoms with E-state index in [2.05, 4.69) is 5.32 Å². The van der Waals surface area contributed by atoms with Gasteiger partial charge in [-0.1, -0.05) is 27.7 Å². The first-order valence-electron chi connectivity index (χ1n) is 4.26. The van der Waals surface area contributed by atoms with Crippen LogP contribution in [-0.2, 0) is 9.59 Å². The molecule has 0 aromatic rings. The minimum absolute atomic E-state index is 0.0752. The molecule has 0 aliphatic carbocycles. The fraction of sp³-hybridized carbons (Fsp3) is 0.778. The summed E-state index contributed by atoms with van der Waals surface area (Å²) in [6.45, 7) is 8.51. The maximum absolute atomic E-state index is 10.7. The molecule has 13 heavy (non-hydrogen) atoms. The van der Waals surface area contributed by atoms with Gasteiger partial charge in [0.25, 0.3) is 0 Å². The molecule has 1 unspecified atom stereocenters. The van der Waals surface area contributed by atoms with Gasteiger partial charge in [0.05, 0.1) is 0 Å². The first kappa shape index (κ1) is 11.9. The van der Waals surface area contributed by atoms with E-state index in [4.69, 9.17) is 5.11 Å². The normalized spacial score (nSPS) is 13.5. The third-order valence-corrected chi connectivity index (χ3v) is 2.24. The lowest BCUT2D eigenvalue weighted by Gasteiger charge is -2.26. The van der Waals surface area contributed by atoms with Crippen LogP contribution in [0.3, 0.4) is 0 Å². The summed E-state index contributed by atoms with van der Waals surface area (Å²) >= 11 is 0. The van der Waals surface area contributed by atoms with Crippen molar-refractivity contribution >= 4 is 11.9 Å². The van der Waals surface area contributed by atoms with Gasteiger partial charge in [-0.2, -0.15) is 0 Å². The highest BCUT2D eigenvalue weighted by molar-refractivity contribution is 6.31. The van der Waals surface area contributed by atoms with Crippen molar-refractivity contribution in [2.45, 2.75) is 27.7 Å². The monoisotopic (exact) mass is 187 g/mol. The molecule has 0 spiro atoms. The van der Waals surface area contributed by atoms with Gasteiger partial charge in [0, 0.05) is 6.54 Å². The Bertz CT molecular complexity index is 205. The van der Waals surface area contributed by atoms with E-state index in [1.807, 2.05) is 27.7 Å². The number of carbonyl (C=O) groups is 2. The smallest absolute Gasteiger partial charge is 0.394 e. The molecule has 4 heteroatoms. The third kappa shape index (κ3) is 4.50. The largest absolute Gasteiger partial charge is 0.474 e. The number of carboxylic acids is 1. The minimum atomic E-state index is -1.43. The molecular weight excluding hydrogens is 170 g/mol. The zero-order chi connectivity index (χ0) is 10.6. The number of aliphatic carboxylic acids is 1. The fourth-order valence-electron chi connectivity index (χ4n) is 0.628. The Morgan fingerprint density at radius 2 is 1.85 bits per heavy atom. The summed E-state index contributed by atoms with van der Waals surface area (Å²) in [6, 6.07) is 0. The van der Waals surface area contributed by atoms with E-state index in [-0.39, 0.29) is 11.3 Å². The molecule has 0 heterocycles. The second-order valence-corrected chi connectivity index (χ2v) is 4.28. The quantitative estimate of drug-likeness (QED) is 0.630. The average molecular weight is 187 g/mol. The minimum Gasteiger partial charge on any atom is -0.474 e. The summed E-state index contributed by atoms with van der Waals surface area (Å²) in [5.41, 5.74) is 0.0752. The Balaban J connectivity index is 3.91. The molecule has 0 aromatic heterocycles. The lowest BCUT2D eigenvalue weighted by molar-refractivity contribution is -0.150. The summed E-state index contributed by atoms with van der Waals surface area (Å²) in [4.78, 5) is 20.8. The van der Waals surface area contributed by atoms with E-state index < -0.39 is 11.9 Å². The van der Waals surface area contributed by atoms with Gasteiger partial charge >= 0.3 is 11.9 Å². The number of amides is 1. The standard InChI is InChI=1S/C9H17NO3/c1-6(9(2,3)4)5-10-7(11)8(12)13/h6H,5H2,1-4H3,(H,10,11)(H,12,13). The Morgan fingerprint density at radius 3 is 2.15 bits per heavy atom. The molecule has 0 bridgehead atoms. The Labute approximate surface area is 78.3 Å². The number of hydrogen-bond acceptors (Lipinski definition) is 2. The second kappa shape index (κ2) is 4.25. The predicted octanol–water partition coefficient (Wildman–Crippen LogP) is 0.869. The summed E-state index contributed by atoms with van der Waals surface area (Å²) in [5, 5.41) is 10.6. The van der Waals surface area contributed by atoms with Crippen molar-refractivity contribution in [3.8, 4) is 0 Å². The molecule has 76 valence electrons. The molecule has 4 nitrogen and oxygen atoms in total. The maximum atomic E-state index is 10.7. The van der Waals surface area contributed by atoms with Crippen LogP contribution in [0.15, 0.2) is 0 Å². The lowest BCUT2D eigenvalue weighted by atomic mass is 9.82. The van der Waals surface area contributed by atoms with E-state index in [1.165, 1.54) is 0 Å². The molecule has 1 atom stereocenters. The van der Waals surface area contributed by atoms with Gasteiger partial charge in [-0.15, -0.1) is 0 Å². The van der Waals surface area contributed by atoms with Crippen LogP contribution in [0.2, 0.25) is 0 Å². The van der Waals surface area contributed by atoms with Gasteiger partial charge in [-0.3, -0.25) is 4.79 Å². The number of hydrogen-bond donors (Lipinski definition) is 2. The molecule has 0 saturated carbocycles. The van der Waals surface area contributed by atoms with Crippen LogP contribution in [0.1, 0.15) is 27.7 Å². The Hall–Kier alpha value is -1.06. The fourth-order valence-corrected chi connectivity index (χ4v) is 0.628. The van der Waals surface area contributed by atoms with Crippen LogP contribution in [0, 0.1) is 11.3 Å². The molecule has 0 fully saturated rings. The molecular formula is C9H17NO3. The highest BCUT2D eigenvalue weighted by Gasteiger charge is 2.21. The van der Waals surface area contributed by atoms with Crippen molar-refractivity contribution in [2.24, 2.45) is 11.3 Å². The average Bonchev–Trinajstić information content (AvgIpc) is 1.97. The van der Waals surface area contributed by atoms with Crippen molar-refractivity contribution < 1.29 is 14.7 Å². The van der Waals surface area contributed by atoms with Crippen LogP contribution in [0.4, 0.5) is 0 Å². The van der Waals surface area contributed by atoms with Gasteiger partial charge in [0.15, 0.2) is 0 Å². The van der Waals surface area contributed by atoms with Crippen molar-refractivity contribution in [2.75, 3.05) is 6.54 Å². The van der Waals surface area contributed by atoms with Crippen molar-refractivity contribution in [3.05, 3.63) is 0 Å². The number of rotatable bonds is 2. The van der Waals surface area contributed by atoms with E-state index in [1.54, 1.807) is 0 Å². The molecule has 0 aromatic carbocycles. The van der Waals surface area contributed by atoms with Crippen molar-refractivity contribution in [1.82, 2.24) is 5.32 Å². The van der Waals surface area contributed by atoms with Gasteiger partial charge in [0.2, 0.25) is 0 Å². The van der Waals surface area contributed by atoms with Crippen LogP contribution in [0.25, 0.3) is 0 Å². The Kier molecular flexibility index (Phi) is 3.91. The molecule has 1 amide bonds. The summed E-state index contributed by atoms with van der Waals surface area (Å²) in [7, 11) is 0. The molecule has 0 radical (unpaired) electrons. The van der Waals surface area contributed by atoms with E-state index in [0.29, 0.717) is 6.54 Å². The summed E-state index contributed by atoms with van der Waals surface area (Å²) < 4.78 is 0. The highest BCUT2D eigenvalue weighted by atomic mass is 16.4. The molecule has 0 rings (SSSR count). The predicted molar refractivity (Wildman–Crippen MR) is 49.3 cm³/mol. The number of carboxylic acid groups (broad SMARTS) is 1. The van der Waals surface area contributed by atoms with Crippen LogP contribution < -0.4 is 5.32 Å². The Morgan fingerprint density at radius 1 is 1.38 bits per heavy atom. The van der Waals surface area contributed by atoms with Crippen molar-refractivity contribution in [1.29, 1.82) is 0 Å². The lowest BCUT2D eigenvalue weighted by Crippen LogP contribution is -2.37. The topological polar surface area (TPSA) is 66.4 Å². The van der Waals surface area contributed by atoms with Gasteiger partial charge in [-0.05, 0) is 11.3 Å². The molecule has 0 aliphatic heterocycles. The summed E-state index contributed by atoms with van der Waals surface area (Å²) in [6.07, 6.45) is 0. The highest BCUT2D eigenvalue weighted by Crippen LogP contribution is 2.24. The molecule has 2 N–H and O–H groups in total. The van der Waals surface area contributed by atoms with Gasteiger partial charge < -0.3 is 10.4 Å². The van der Waals surface area contributed by atoms with E-state index >= 15 is 0 Å². The zero-order valence-electron chi connectivity index (χ0n) is 8.55. The molecule has 0 aliphatic rings.